The molecule has 2 aliphatic heterocycles. The molecule has 2 aromatic rings. The fourth-order valence-corrected chi connectivity index (χ4v) is 12.1. The van der Waals surface area contributed by atoms with Crippen molar-refractivity contribution >= 4 is 35.4 Å². The summed E-state index contributed by atoms with van der Waals surface area (Å²) in [5, 5.41) is 18.7. The van der Waals surface area contributed by atoms with Gasteiger partial charge in [0.05, 0.1) is 49.6 Å². The molecule has 0 aromatic heterocycles. The van der Waals surface area contributed by atoms with Crippen molar-refractivity contribution in [3.05, 3.63) is 70.8 Å². The number of amides is 6. The van der Waals surface area contributed by atoms with Crippen LogP contribution in [0.5, 0.6) is 0 Å². The molecule has 16 heteroatoms. The van der Waals surface area contributed by atoms with E-state index >= 15 is 0 Å². The minimum atomic E-state index is -0.681. The summed E-state index contributed by atoms with van der Waals surface area (Å²) in [4.78, 5) is 87.2. The fourth-order valence-electron chi connectivity index (χ4n) is 12.1. The molecule has 382 valence electrons. The van der Waals surface area contributed by atoms with Crippen LogP contribution in [0, 0.1) is 11.8 Å². The van der Waals surface area contributed by atoms with Crippen LogP contribution >= 0.6 is 0 Å². The van der Waals surface area contributed by atoms with Crippen LogP contribution in [0.4, 0.5) is 0 Å². The average Bonchev–Trinajstić information content (AvgIpc) is 4.22. The van der Waals surface area contributed by atoms with Crippen LogP contribution in [0.25, 0.3) is 0 Å². The minimum Gasteiger partial charge on any atom is -0.373 e. The van der Waals surface area contributed by atoms with Crippen molar-refractivity contribution in [3.63, 3.8) is 0 Å². The van der Waals surface area contributed by atoms with E-state index in [0.717, 1.165) is 86.5 Å². The second-order valence-electron chi connectivity index (χ2n) is 20.8. The van der Waals surface area contributed by atoms with Crippen molar-refractivity contribution in [2.75, 3.05) is 40.4 Å². The number of hydrogen-bond donors (Lipinski definition) is 6. The van der Waals surface area contributed by atoms with Crippen molar-refractivity contribution in [1.82, 2.24) is 41.7 Å². The third-order valence-electron chi connectivity index (χ3n) is 16.4. The van der Waals surface area contributed by atoms with Gasteiger partial charge in [0.15, 0.2) is 0 Å². The Morgan fingerprint density at radius 2 is 0.929 bits per heavy atom. The van der Waals surface area contributed by atoms with Gasteiger partial charge in [-0.2, -0.15) is 0 Å². The average molecular weight is 967 g/mol. The summed E-state index contributed by atoms with van der Waals surface area (Å²) >= 11 is 0. The first kappa shape index (κ1) is 51.5. The molecule has 2 saturated carbocycles. The third kappa shape index (κ3) is 11.7. The summed E-state index contributed by atoms with van der Waals surface area (Å²) in [6.07, 6.45) is 12.6. The quantitative estimate of drug-likeness (QED) is 0.112. The zero-order valence-corrected chi connectivity index (χ0v) is 41.8. The molecule has 2 saturated heterocycles. The number of carbonyl (C=O) groups excluding carboxylic acids is 6. The van der Waals surface area contributed by atoms with E-state index in [4.69, 9.17) is 9.47 Å². The van der Waals surface area contributed by atoms with E-state index < -0.39 is 48.3 Å². The normalized spacial score (nSPS) is 26.4. The highest BCUT2D eigenvalue weighted by molar-refractivity contribution is 5.95. The summed E-state index contributed by atoms with van der Waals surface area (Å²) in [6, 6.07) is 11.6. The number of likely N-dealkylation sites (tertiary alicyclic amines) is 2. The molecule has 8 rings (SSSR count). The molecule has 70 heavy (non-hydrogen) atoms. The van der Waals surface area contributed by atoms with Gasteiger partial charge in [-0.15, -0.1) is 0 Å². The lowest BCUT2D eigenvalue weighted by Crippen LogP contribution is -2.58. The summed E-state index contributed by atoms with van der Waals surface area (Å²) in [7, 11) is 3.45. The Morgan fingerprint density at radius 1 is 0.543 bits per heavy atom. The molecule has 6 amide bonds. The molecule has 0 radical (unpaired) electrons. The first-order valence-corrected chi connectivity index (χ1v) is 26.5. The molecule has 2 heterocycles. The van der Waals surface area contributed by atoms with Crippen LogP contribution in [0.3, 0.4) is 0 Å². The predicted octanol–water partition coefficient (Wildman–Crippen LogP) is 3.91. The van der Waals surface area contributed by atoms with Crippen molar-refractivity contribution in [2.45, 2.75) is 177 Å². The maximum absolute atomic E-state index is 14.4. The van der Waals surface area contributed by atoms with Gasteiger partial charge in [-0.1, -0.05) is 87.1 Å². The van der Waals surface area contributed by atoms with Gasteiger partial charge in [0.25, 0.3) is 0 Å². The Morgan fingerprint density at radius 3 is 1.31 bits per heavy atom. The SMILES string of the molecule is CN[C@@H](C)C(=O)N[C@H](C(=O)N1CCC[C@H]1C(=O)N[C@H]1c2ccccc2C[C@@H]1OCCO[C@H]1Cc2ccccc2[C@@H]1NC(=O)[C@@H]1CCCN1C(=O)[C@@H](NC(=O)[C@H](C)NC)C1CCCCC1)C1CCCCC1. The smallest absolute Gasteiger partial charge is 0.246 e. The summed E-state index contributed by atoms with van der Waals surface area (Å²) in [5.74, 6) is -1.20. The highest BCUT2D eigenvalue weighted by Gasteiger charge is 2.45. The lowest BCUT2D eigenvalue weighted by molar-refractivity contribution is -0.143. The number of nitrogens with zero attached hydrogens (tertiary/aromatic N) is 2. The van der Waals surface area contributed by atoms with Crippen molar-refractivity contribution in [2.24, 2.45) is 11.8 Å². The van der Waals surface area contributed by atoms with E-state index in [1.807, 2.05) is 36.4 Å². The lowest BCUT2D eigenvalue weighted by Gasteiger charge is -2.35. The van der Waals surface area contributed by atoms with E-state index in [1.165, 1.54) is 0 Å². The first-order valence-electron chi connectivity index (χ1n) is 26.5. The highest BCUT2D eigenvalue weighted by atomic mass is 16.5. The maximum Gasteiger partial charge on any atom is 0.246 e. The van der Waals surface area contributed by atoms with Gasteiger partial charge in [0.1, 0.15) is 24.2 Å². The molecule has 6 N–H and O–H groups in total. The van der Waals surface area contributed by atoms with Crippen LogP contribution in [0.2, 0.25) is 0 Å². The number of nitrogens with one attached hydrogen (secondary N) is 6. The highest BCUT2D eigenvalue weighted by Crippen LogP contribution is 2.37. The van der Waals surface area contributed by atoms with Gasteiger partial charge in [-0.25, -0.2) is 0 Å². The largest absolute Gasteiger partial charge is 0.373 e. The molecular weight excluding hydrogens is 889 g/mol. The van der Waals surface area contributed by atoms with E-state index in [-0.39, 0.29) is 72.7 Å². The zero-order valence-electron chi connectivity index (χ0n) is 41.8. The molecule has 16 nitrogen and oxygen atoms in total. The maximum atomic E-state index is 14.4. The van der Waals surface area contributed by atoms with E-state index in [9.17, 15) is 28.8 Å². The van der Waals surface area contributed by atoms with Crippen LogP contribution in [0.1, 0.15) is 138 Å². The number of carbonyl (C=O) groups is 6. The van der Waals surface area contributed by atoms with Gasteiger partial charge < -0.3 is 51.2 Å². The fraction of sp³-hybridized carbons (Fsp3) is 0.667. The molecule has 6 aliphatic rings. The molecular formula is C54H78N8O8. The summed E-state index contributed by atoms with van der Waals surface area (Å²) in [5.41, 5.74) is 4.15. The Labute approximate surface area is 414 Å². The molecule has 4 aliphatic carbocycles. The Hall–Kier alpha value is -4.90. The van der Waals surface area contributed by atoms with Crippen LogP contribution in [-0.2, 0) is 51.1 Å². The third-order valence-corrected chi connectivity index (χ3v) is 16.4. The molecule has 0 bridgehead atoms. The van der Waals surface area contributed by atoms with Crippen molar-refractivity contribution in [3.8, 4) is 0 Å². The monoisotopic (exact) mass is 967 g/mol. The lowest BCUT2D eigenvalue weighted by atomic mass is 9.83. The first-order chi connectivity index (χ1) is 34.0. The van der Waals surface area contributed by atoms with Crippen LogP contribution in [-0.4, -0.2) is 134 Å². The molecule has 0 unspecified atom stereocenters. The summed E-state index contributed by atoms with van der Waals surface area (Å²) < 4.78 is 13.2. The second-order valence-corrected chi connectivity index (χ2v) is 20.8. The van der Waals surface area contributed by atoms with E-state index in [2.05, 4.69) is 44.0 Å². The molecule has 0 spiro atoms. The summed E-state index contributed by atoms with van der Waals surface area (Å²) in [6.45, 7) is 4.95. The van der Waals surface area contributed by atoms with Gasteiger partial charge in [0.2, 0.25) is 35.4 Å². The topological polar surface area (TPSA) is 200 Å². The van der Waals surface area contributed by atoms with E-state index in [0.29, 0.717) is 51.6 Å². The Bertz CT molecular complexity index is 2010. The Kier molecular flexibility index (Phi) is 17.6. The number of ether oxygens (including phenoxy) is 2. The Balaban J connectivity index is 0.898. The molecule has 10 atom stereocenters. The van der Waals surface area contributed by atoms with Crippen molar-refractivity contribution < 1.29 is 38.2 Å². The van der Waals surface area contributed by atoms with Crippen molar-refractivity contribution in [1.29, 1.82) is 0 Å². The van der Waals surface area contributed by atoms with Crippen LogP contribution < -0.4 is 31.9 Å². The van der Waals surface area contributed by atoms with Gasteiger partial charge in [-0.05, 0) is 113 Å². The molecule has 4 fully saturated rings. The standard InChI is InChI=1S/C54H78N8O8/c1-33(55-3)49(63)57-45(35-17-7-5-8-18-35)53(67)61-27-15-25-41(61)51(65)59-47-39-23-13-11-21-37(39)31-43(47)69-29-30-70-44-32-38-22-12-14-24-40(38)48(44)60-52(66)42-26-16-28-62(42)54(68)46(36-19-9-6-10-20-36)58-50(64)34(2)56-4/h11-14,21-24,33-36,41-48,55-56H,5-10,15-20,25-32H2,1-4H3,(H,57,63)(H,58,64)(H,59,65)(H,60,66)/t33-,34-,41-,42-,43-,44-,45-,46-,47-,48-/m0/s1. The van der Waals surface area contributed by atoms with Crippen LogP contribution in [0.15, 0.2) is 48.5 Å². The number of likely N-dealkylation sites (N-methyl/N-ethyl adjacent to an activating group) is 2. The van der Waals surface area contributed by atoms with Gasteiger partial charge >= 0.3 is 0 Å². The van der Waals surface area contributed by atoms with Gasteiger partial charge in [-0.3, -0.25) is 28.8 Å². The minimum absolute atomic E-state index is 0.0245. The number of rotatable bonds is 19. The number of benzene rings is 2. The number of hydrogen-bond acceptors (Lipinski definition) is 10. The molecule has 2 aromatic carbocycles. The predicted molar refractivity (Wildman–Crippen MR) is 265 cm³/mol. The van der Waals surface area contributed by atoms with E-state index in [1.54, 1.807) is 37.7 Å². The van der Waals surface area contributed by atoms with Gasteiger partial charge in [0, 0.05) is 25.9 Å². The second kappa shape index (κ2) is 24.0. The zero-order chi connectivity index (χ0) is 49.3. The number of fused-ring (bicyclic) bond motifs is 2.